The van der Waals surface area contributed by atoms with Crippen LogP contribution in [0.15, 0.2) is 47.1 Å². The molecule has 8 heteroatoms. The fourth-order valence-electron chi connectivity index (χ4n) is 3.50. The van der Waals surface area contributed by atoms with Crippen LogP contribution in [0.25, 0.3) is 11.3 Å². The van der Waals surface area contributed by atoms with Crippen molar-refractivity contribution in [2.75, 3.05) is 33.0 Å². The van der Waals surface area contributed by atoms with E-state index in [0.717, 1.165) is 5.56 Å². The Kier molecular flexibility index (Phi) is 8.40. The number of amides is 1. The fourth-order valence-corrected chi connectivity index (χ4v) is 3.50. The number of nitrogens with zero attached hydrogens (tertiary/aromatic N) is 2. The normalized spacial score (nSPS) is 18.1. The molecule has 0 spiro atoms. The lowest BCUT2D eigenvalue weighted by atomic mass is 10.1. The molecule has 1 aromatic heterocycles. The highest BCUT2D eigenvalue weighted by Gasteiger charge is 2.28. The Morgan fingerprint density at radius 1 is 1.24 bits per heavy atom. The van der Waals surface area contributed by atoms with Crippen LogP contribution < -0.4 is 0 Å². The molecule has 0 saturated carbocycles. The van der Waals surface area contributed by atoms with Crippen molar-refractivity contribution in [1.29, 1.82) is 0 Å². The fraction of sp³-hybridized carbons (Fsp3) is 0.520. The maximum absolute atomic E-state index is 13.5. The number of aliphatic carboxylic acids is 1. The lowest BCUT2D eigenvalue weighted by molar-refractivity contribution is -0.151. The molecule has 1 unspecified atom stereocenters. The molecule has 8 nitrogen and oxygen atoms in total. The Labute approximate surface area is 197 Å². The summed E-state index contributed by atoms with van der Waals surface area (Å²) in [6, 6.07) is 10.1. The topological polar surface area (TPSA) is 92.5 Å². The summed E-state index contributed by atoms with van der Waals surface area (Å²) in [6.45, 7) is 2.58. The average Bonchev–Trinajstić information content (AvgIpc) is 3.36. The Hall–Kier alpha value is -2.68. The number of furan rings is 1. The van der Waals surface area contributed by atoms with Crippen LogP contribution in [-0.4, -0.2) is 72.0 Å². The Balaban J connectivity index is 1.70. The van der Waals surface area contributed by atoms with E-state index in [-0.39, 0.29) is 19.6 Å². The van der Waals surface area contributed by atoms with E-state index in [1.54, 1.807) is 50.4 Å². The van der Waals surface area contributed by atoms with Gasteiger partial charge in [-0.15, -0.1) is 0 Å². The maximum Gasteiger partial charge on any atom is 0.303 e. The smallest absolute Gasteiger partial charge is 0.303 e. The minimum atomic E-state index is -2.12. The zero-order chi connectivity index (χ0) is 25.4. The van der Waals surface area contributed by atoms with Crippen molar-refractivity contribution >= 4 is 11.9 Å². The molecule has 1 aliphatic heterocycles. The van der Waals surface area contributed by atoms with Crippen LogP contribution in [0.3, 0.4) is 0 Å². The maximum atomic E-state index is 13.5. The zero-order valence-corrected chi connectivity index (χ0v) is 19.2. The molecule has 33 heavy (non-hydrogen) atoms. The number of rotatable bonds is 12. The van der Waals surface area contributed by atoms with Gasteiger partial charge >= 0.3 is 5.97 Å². The van der Waals surface area contributed by atoms with Crippen molar-refractivity contribution in [2.24, 2.45) is 0 Å². The number of carbonyl (C=O) groups excluding carboxylic acids is 1. The van der Waals surface area contributed by atoms with Crippen molar-refractivity contribution in [3.8, 4) is 11.3 Å². The number of carboxylic acids is 1. The molecule has 0 bridgehead atoms. The van der Waals surface area contributed by atoms with E-state index in [4.69, 9.17) is 21.7 Å². The van der Waals surface area contributed by atoms with Gasteiger partial charge in [-0.25, -0.2) is 0 Å². The molecule has 2 aromatic rings. The molecule has 2 heterocycles. The van der Waals surface area contributed by atoms with E-state index >= 15 is 0 Å². The van der Waals surface area contributed by atoms with E-state index in [2.05, 4.69) is 0 Å². The molecule has 180 valence electrons. The highest BCUT2D eigenvalue weighted by molar-refractivity contribution is 5.94. The van der Waals surface area contributed by atoms with Gasteiger partial charge in [-0.2, -0.15) is 0 Å². The molecule has 0 radical (unpaired) electrons. The average molecular weight is 461 g/mol. The first-order valence-corrected chi connectivity index (χ1v) is 11.4. The largest absolute Gasteiger partial charge is 0.481 e. The van der Waals surface area contributed by atoms with Crippen LogP contribution in [-0.2, 0) is 14.3 Å². The number of hydrogen-bond donors (Lipinski definition) is 1. The molecule has 1 aromatic carbocycles. The highest BCUT2D eigenvalue weighted by atomic mass is 16.5. The van der Waals surface area contributed by atoms with E-state index in [1.165, 1.54) is 9.80 Å². The van der Waals surface area contributed by atoms with Gasteiger partial charge in [0, 0.05) is 36.7 Å². The molecule has 1 aliphatic rings. The second-order valence-corrected chi connectivity index (χ2v) is 8.22. The lowest BCUT2D eigenvalue weighted by Gasteiger charge is -2.39. The number of morpholine rings is 1. The Morgan fingerprint density at radius 2 is 2.03 bits per heavy atom. The summed E-state index contributed by atoms with van der Waals surface area (Å²) in [5, 5.41) is 8.75. The Morgan fingerprint density at radius 3 is 2.70 bits per heavy atom. The van der Waals surface area contributed by atoms with Crippen molar-refractivity contribution in [3.63, 3.8) is 0 Å². The van der Waals surface area contributed by atoms with Crippen LogP contribution in [0.4, 0.5) is 0 Å². The van der Waals surface area contributed by atoms with Gasteiger partial charge in [0.25, 0.3) is 5.91 Å². The predicted octanol–water partition coefficient (Wildman–Crippen LogP) is 4.07. The van der Waals surface area contributed by atoms with Crippen molar-refractivity contribution in [1.82, 2.24) is 9.80 Å². The SMILES string of the molecule is [2H]C([2H])(N1CCOCC1OCCCCCC(=O)O)N(C(=O)c1ccc(-c2ccco2)cc1)C(C)C. The third kappa shape index (κ3) is 7.42. The summed E-state index contributed by atoms with van der Waals surface area (Å²) < 4.78 is 34.8. The second kappa shape index (κ2) is 12.5. The van der Waals surface area contributed by atoms with E-state index in [1.807, 2.05) is 6.07 Å². The molecule has 1 saturated heterocycles. The summed E-state index contributed by atoms with van der Waals surface area (Å²) in [5.74, 6) is -0.550. The van der Waals surface area contributed by atoms with Crippen molar-refractivity contribution in [3.05, 3.63) is 48.2 Å². The number of carbonyl (C=O) groups is 2. The van der Waals surface area contributed by atoms with Crippen LogP contribution >= 0.6 is 0 Å². The van der Waals surface area contributed by atoms with Gasteiger partial charge in [0.15, 0.2) is 0 Å². The summed E-state index contributed by atoms with van der Waals surface area (Å²) >= 11 is 0. The molecular formula is C25H34N2O6. The first-order valence-electron chi connectivity index (χ1n) is 12.4. The first kappa shape index (κ1) is 22.1. The summed E-state index contributed by atoms with van der Waals surface area (Å²) in [7, 11) is 0. The summed E-state index contributed by atoms with van der Waals surface area (Å²) in [4.78, 5) is 26.9. The van der Waals surface area contributed by atoms with Crippen LogP contribution in [0.5, 0.6) is 0 Å². The molecule has 1 fully saturated rings. The molecule has 1 amide bonds. The molecular weight excluding hydrogens is 424 g/mol. The molecule has 1 atom stereocenters. The molecule has 0 aliphatic carbocycles. The quantitative estimate of drug-likeness (QED) is 0.477. The van der Waals surface area contributed by atoms with Crippen molar-refractivity contribution in [2.45, 2.75) is 51.8 Å². The molecule has 1 N–H and O–H groups in total. The van der Waals surface area contributed by atoms with Gasteiger partial charge in [-0.3, -0.25) is 14.5 Å². The van der Waals surface area contributed by atoms with E-state index in [0.29, 0.717) is 43.8 Å². The Bertz CT molecular complexity index is 949. The third-order valence-electron chi connectivity index (χ3n) is 5.34. The van der Waals surface area contributed by atoms with Gasteiger partial charge in [0.1, 0.15) is 12.0 Å². The zero-order valence-electron chi connectivity index (χ0n) is 21.2. The number of hydrogen-bond acceptors (Lipinski definition) is 6. The van der Waals surface area contributed by atoms with Crippen LogP contribution in [0.1, 0.15) is 52.6 Å². The number of ether oxygens (including phenoxy) is 2. The van der Waals surface area contributed by atoms with Crippen LogP contribution in [0.2, 0.25) is 0 Å². The van der Waals surface area contributed by atoms with Crippen LogP contribution in [0, 0.1) is 0 Å². The van der Waals surface area contributed by atoms with E-state index < -0.39 is 30.8 Å². The monoisotopic (exact) mass is 460 g/mol. The molecule has 3 rings (SSSR count). The summed E-state index contributed by atoms with van der Waals surface area (Å²) in [6.07, 6.45) is 2.98. The van der Waals surface area contributed by atoms with Gasteiger partial charge in [-0.05, 0) is 51.0 Å². The predicted molar refractivity (Wildman–Crippen MR) is 124 cm³/mol. The number of carboxylic acid groups (broad SMARTS) is 1. The highest BCUT2D eigenvalue weighted by Crippen LogP contribution is 2.21. The number of benzene rings is 1. The van der Waals surface area contributed by atoms with Gasteiger partial charge in [-0.1, -0.05) is 18.6 Å². The van der Waals surface area contributed by atoms with Crippen molar-refractivity contribution < 1.29 is 31.3 Å². The number of unbranched alkanes of at least 4 members (excludes halogenated alkanes) is 2. The first-order chi connectivity index (χ1) is 16.7. The van der Waals surface area contributed by atoms with Gasteiger partial charge < -0.3 is 23.9 Å². The minimum absolute atomic E-state index is 0.120. The van der Waals surface area contributed by atoms with Gasteiger partial charge in [0.2, 0.25) is 0 Å². The second-order valence-electron chi connectivity index (χ2n) is 8.22. The lowest BCUT2D eigenvalue weighted by Crippen LogP contribution is -2.54. The van der Waals surface area contributed by atoms with Gasteiger partial charge in [0.05, 0.1) is 28.8 Å². The standard InChI is InChI=1S/C25H34N2O6/c1-19(2)27(25(30)21-11-9-20(10-12-21)22-7-6-15-32-22)18-26-13-16-31-17-23(26)33-14-5-3-4-8-24(28)29/h6-7,9-12,15,19,23H,3-5,8,13-14,16-18H2,1-2H3,(H,28,29)/i18D2. The van der Waals surface area contributed by atoms with E-state index in [9.17, 15) is 9.59 Å². The summed E-state index contributed by atoms with van der Waals surface area (Å²) in [5.41, 5.74) is 1.21. The third-order valence-corrected chi connectivity index (χ3v) is 5.34. The minimum Gasteiger partial charge on any atom is -0.481 e.